The van der Waals surface area contributed by atoms with Crippen LogP contribution in [0.1, 0.15) is 11.3 Å². The highest BCUT2D eigenvalue weighted by molar-refractivity contribution is 5.65. The molecule has 1 aromatic heterocycles. The molecule has 0 radical (unpaired) electrons. The van der Waals surface area contributed by atoms with Gasteiger partial charge in [-0.2, -0.15) is 0 Å². The van der Waals surface area contributed by atoms with Crippen LogP contribution in [0.15, 0.2) is 48.7 Å². The molecule has 0 spiro atoms. The molecule has 0 unspecified atom stereocenters. The van der Waals surface area contributed by atoms with E-state index in [1.165, 1.54) is 30.3 Å². The molecule has 0 aliphatic carbocycles. The van der Waals surface area contributed by atoms with Gasteiger partial charge in [0.1, 0.15) is 35.6 Å². The van der Waals surface area contributed by atoms with E-state index < -0.39 is 17.5 Å². The predicted molar refractivity (Wildman–Crippen MR) is 86.7 cm³/mol. The van der Waals surface area contributed by atoms with Gasteiger partial charge >= 0.3 is 0 Å². The molecular formula is C19H14F3NO2. The van der Waals surface area contributed by atoms with Crippen LogP contribution in [0.2, 0.25) is 0 Å². The number of phenols is 1. The monoisotopic (exact) mass is 345 g/mol. The van der Waals surface area contributed by atoms with E-state index in [1.54, 1.807) is 6.92 Å². The fourth-order valence-corrected chi connectivity index (χ4v) is 2.36. The first-order valence-corrected chi connectivity index (χ1v) is 7.46. The van der Waals surface area contributed by atoms with E-state index in [9.17, 15) is 18.3 Å². The average Bonchev–Trinajstić information content (AvgIpc) is 2.58. The van der Waals surface area contributed by atoms with E-state index in [2.05, 4.69) is 4.98 Å². The molecule has 0 saturated heterocycles. The van der Waals surface area contributed by atoms with Crippen LogP contribution in [0.25, 0.3) is 11.1 Å². The van der Waals surface area contributed by atoms with Gasteiger partial charge in [-0.15, -0.1) is 0 Å². The van der Waals surface area contributed by atoms with Crippen molar-refractivity contribution >= 4 is 0 Å². The lowest BCUT2D eigenvalue weighted by Gasteiger charge is -2.11. The molecular weight excluding hydrogens is 331 g/mol. The van der Waals surface area contributed by atoms with Gasteiger partial charge in [0.25, 0.3) is 0 Å². The van der Waals surface area contributed by atoms with Gasteiger partial charge in [0, 0.05) is 11.3 Å². The number of aryl methyl sites for hydroxylation is 1. The van der Waals surface area contributed by atoms with E-state index >= 15 is 0 Å². The lowest BCUT2D eigenvalue weighted by molar-refractivity contribution is 0.292. The zero-order chi connectivity index (χ0) is 18.0. The van der Waals surface area contributed by atoms with Crippen molar-refractivity contribution in [1.82, 2.24) is 4.98 Å². The molecule has 0 fully saturated rings. The van der Waals surface area contributed by atoms with Gasteiger partial charge in [-0.25, -0.2) is 13.2 Å². The number of aromatic nitrogens is 1. The van der Waals surface area contributed by atoms with Crippen LogP contribution in [0.5, 0.6) is 11.5 Å². The summed E-state index contributed by atoms with van der Waals surface area (Å²) in [5.41, 5.74) is 0.447. The Bertz CT molecular complexity index is 888. The Morgan fingerprint density at radius 3 is 2.24 bits per heavy atom. The number of aromatic hydroxyl groups is 1. The minimum Gasteiger partial charge on any atom is -0.508 e. The van der Waals surface area contributed by atoms with Crippen LogP contribution >= 0.6 is 0 Å². The highest BCUT2D eigenvalue weighted by Gasteiger charge is 2.15. The number of nitrogens with zero attached hydrogens (tertiary/aromatic N) is 1. The Hall–Kier alpha value is -3.02. The van der Waals surface area contributed by atoms with Crippen molar-refractivity contribution in [2.75, 3.05) is 0 Å². The standard InChI is InChI=1S/C19H14F3NO2/c1-11-6-15(19(22)9-23-11)12-7-17(20)16(18(21)8-12)10-25-14-4-2-13(24)3-5-14/h2-9,24H,10H2,1H3. The molecule has 1 heterocycles. The van der Waals surface area contributed by atoms with E-state index in [-0.39, 0.29) is 29.0 Å². The average molecular weight is 345 g/mol. The number of ether oxygens (including phenoxy) is 1. The summed E-state index contributed by atoms with van der Waals surface area (Å²) in [6.45, 7) is 1.33. The van der Waals surface area contributed by atoms with Gasteiger partial charge in [0.15, 0.2) is 0 Å². The van der Waals surface area contributed by atoms with Crippen LogP contribution in [-0.4, -0.2) is 10.1 Å². The quantitative estimate of drug-likeness (QED) is 0.741. The SMILES string of the molecule is Cc1cc(-c2cc(F)c(COc3ccc(O)cc3)c(F)c2)c(F)cn1. The van der Waals surface area contributed by atoms with Gasteiger partial charge in [0.2, 0.25) is 0 Å². The Morgan fingerprint density at radius 1 is 0.960 bits per heavy atom. The van der Waals surface area contributed by atoms with Crippen molar-refractivity contribution in [3.63, 3.8) is 0 Å². The first-order chi connectivity index (χ1) is 11.9. The zero-order valence-electron chi connectivity index (χ0n) is 13.3. The summed E-state index contributed by atoms with van der Waals surface area (Å²) < 4.78 is 47.8. The summed E-state index contributed by atoms with van der Waals surface area (Å²) in [5, 5.41) is 9.20. The summed E-state index contributed by atoms with van der Waals surface area (Å²) in [6.07, 6.45) is 1.02. The molecule has 3 rings (SSSR count). The lowest BCUT2D eigenvalue weighted by atomic mass is 10.0. The van der Waals surface area contributed by atoms with Gasteiger partial charge in [-0.3, -0.25) is 4.98 Å². The summed E-state index contributed by atoms with van der Waals surface area (Å²) in [6, 6.07) is 9.33. The number of benzene rings is 2. The molecule has 2 aromatic carbocycles. The Labute approximate surface area is 142 Å². The molecule has 128 valence electrons. The molecule has 0 saturated carbocycles. The highest BCUT2D eigenvalue weighted by Crippen LogP contribution is 2.28. The largest absolute Gasteiger partial charge is 0.508 e. The molecule has 0 bridgehead atoms. The van der Waals surface area contributed by atoms with E-state index in [1.807, 2.05) is 0 Å². The first-order valence-electron chi connectivity index (χ1n) is 7.46. The first kappa shape index (κ1) is 16.8. The normalized spacial score (nSPS) is 10.7. The molecule has 3 aromatic rings. The summed E-state index contributed by atoms with van der Waals surface area (Å²) in [7, 11) is 0. The number of halogens is 3. The second-order valence-corrected chi connectivity index (χ2v) is 5.51. The van der Waals surface area contributed by atoms with Crippen LogP contribution < -0.4 is 4.74 Å². The minimum atomic E-state index is -0.831. The Morgan fingerprint density at radius 2 is 1.60 bits per heavy atom. The summed E-state index contributed by atoms with van der Waals surface area (Å²) in [4.78, 5) is 3.80. The summed E-state index contributed by atoms with van der Waals surface area (Å²) in [5.74, 6) is -1.90. The topological polar surface area (TPSA) is 42.4 Å². The summed E-state index contributed by atoms with van der Waals surface area (Å²) >= 11 is 0. The second kappa shape index (κ2) is 6.84. The van der Waals surface area contributed by atoms with E-state index in [0.29, 0.717) is 11.4 Å². The van der Waals surface area contributed by atoms with Crippen LogP contribution in [0, 0.1) is 24.4 Å². The maximum absolute atomic E-state index is 14.3. The molecule has 0 atom stereocenters. The van der Waals surface area contributed by atoms with Gasteiger partial charge < -0.3 is 9.84 Å². The molecule has 25 heavy (non-hydrogen) atoms. The molecule has 0 amide bonds. The number of rotatable bonds is 4. The lowest BCUT2D eigenvalue weighted by Crippen LogP contribution is -2.03. The van der Waals surface area contributed by atoms with Crippen molar-refractivity contribution in [2.45, 2.75) is 13.5 Å². The van der Waals surface area contributed by atoms with Gasteiger partial charge in [-0.05, 0) is 55.0 Å². The van der Waals surface area contributed by atoms with Crippen molar-refractivity contribution in [1.29, 1.82) is 0 Å². The van der Waals surface area contributed by atoms with Crippen molar-refractivity contribution < 1.29 is 23.0 Å². The highest BCUT2D eigenvalue weighted by atomic mass is 19.1. The predicted octanol–water partition coefficient (Wildman–Crippen LogP) is 4.76. The number of hydrogen-bond acceptors (Lipinski definition) is 3. The third-order valence-electron chi connectivity index (χ3n) is 3.66. The maximum Gasteiger partial charge on any atom is 0.149 e. The number of phenolic OH excluding ortho intramolecular Hbond substituents is 1. The molecule has 0 aliphatic rings. The van der Waals surface area contributed by atoms with Gasteiger partial charge in [0.05, 0.1) is 11.8 Å². The third kappa shape index (κ3) is 3.74. The van der Waals surface area contributed by atoms with Crippen LogP contribution in [0.3, 0.4) is 0 Å². The van der Waals surface area contributed by atoms with Gasteiger partial charge in [-0.1, -0.05) is 0 Å². The number of pyridine rings is 1. The Kier molecular flexibility index (Phi) is 4.61. The van der Waals surface area contributed by atoms with E-state index in [0.717, 1.165) is 18.3 Å². The smallest absolute Gasteiger partial charge is 0.149 e. The molecule has 3 nitrogen and oxygen atoms in total. The van der Waals surface area contributed by atoms with Crippen molar-refractivity contribution in [2.24, 2.45) is 0 Å². The van der Waals surface area contributed by atoms with Crippen LogP contribution in [0.4, 0.5) is 13.2 Å². The molecule has 0 aliphatic heterocycles. The zero-order valence-corrected chi connectivity index (χ0v) is 13.3. The Balaban J connectivity index is 1.87. The van der Waals surface area contributed by atoms with Crippen molar-refractivity contribution in [3.05, 3.63) is 77.4 Å². The molecule has 6 heteroatoms. The second-order valence-electron chi connectivity index (χ2n) is 5.51. The maximum atomic E-state index is 14.3. The molecule has 1 N–H and O–H groups in total. The van der Waals surface area contributed by atoms with Crippen LogP contribution in [-0.2, 0) is 6.61 Å². The number of hydrogen-bond donors (Lipinski definition) is 1. The fraction of sp³-hybridized carbons (Fsp3) is 0.105. The fourth-order valence-electron chi connectivity index (χ4n) is 2.36. The van der Waals surface area contributed by atoms with Crippen molar-refractivity contribution in [3.8, 4) is 22.6 Å². The van der Waals surface area contributed by atoms with E-state index in [4.69, 9.17) is 4.74 Å². The third-order valence-corrected chi connectivity index (χ3v) is 3.66. The minimum absolute atomic E-state index is 0.0590.